The van der Waals surface area contributed by atoms with Crippen LogP contribution in [0.4, 0.5) is 0 Å². The molecule has 26 heavy (non-hydrogen) atoms. The van der Waals surface area contributed by atoms with Crippen LogP contribution >= 0.6 is 0 Å². The van der Waals surface area contributed by atoms with Crippen LogP contribution in [0.25, 0.3) is 22.3 Å². The molecule has 0 radical (unpaired) electrons. The molecule has 0 amide bonds. The Morgan fingerprint density at radius 1 is 0.423 bits per heavy atom. The molecule has 0 nitrogen and oxygen atoms in total. The molecule has 0 aromatic heterocycles. The molecule has 0 fully saturated rings. The maximum absolute atomic E-state index is 2.47. The molecule has 3 aromatic rings. The van der Waals surface area contributed by atoms with Gasteiger partial charge in [0.1, 0.15) is 0 Å². The molecule has 0 N–H and O–H groups in total. The minimum absolute atomic E-state index is 1.30. The van der Waals surface area contributed by atoms with E-state index in [4.69, 9.17) is 0 Å². The molecular weight excluding hydrogens is 526 g/mol. The van der Waals surface area contributed by atoms with E-state index in [2.05, 4.69) is 102 Å². The van der Waals surface area contributed by atoms with Gasteiger partial charge in [-0.1, -0.05) is 0 Å². The van der Waals surface area contributed by atoms with Crippen molar-refractivity contribution in [1.29, 1.82) is 0 Å². The molecular formula is C24H30Sn2. The molecule has 3 aromatic carbocycles. The summed E-state index contributed by atoms with van der Waals surface area (Å²) in [5.41, 5.74) is 5.23. The third-order valence-corrected chi connectivity index (χ3v) is 16.8. The molecule has 0 saturated carbocycles. The third-order valence-electron chi connectivity index (χ3n) is 5.03. The van der Waals surface area contributed by atoms with Crippen LogP contribution in [0.1, 0.15) is 0 Å². The van der Waals surface area contributed by atoms with Crippen molar-refractivity contribution in [2.45, 2.75) is 29.6 Å². The quantitative estimate of drug-likeness (QED) is 0.341. The number of rotatable bonds is 4. The van der Waals surface area contributed by atoms with E-state index >= 15 is 0 Å². The average molecular weight is 556 g/mol. The van der Waals surface area contributed by atoms with Crippen LogP contribution in [0.3, 0.4) is 0 Å². The maximum atomic E-state index is 2.47. The first-order chi connectivity index (χ1) is 12.1. The number of benzene rings is 3. The van der Waals surface area contributed by atoms with Crippen molar-refractivity contribution in [1.82, 2.24) is 0 Å². The summed E-state index contributed by atoms with van der Waals surface area (Å²) in [5.74, 6) is 0. The van der Waals surface area contributed by atoms with Crippen molar-refractivity contribution in [3.05, 3.63) is 72.8 Å². The van der Waals surface area contributed by atoms with E-state index in [-0.39, 0.29) is 0 Å². The van der Waals surface area contributed by atoms with Crippen molar-refractivity contribution >= 4 is 43.9 Å². The summed E-state index contributed by atoms with van der Waals surface area (Å²) in [7, 11) is 0. The van der Waals surface area contributed by atoms with Gasteiger partial charge in [0.25, 0.3) is 0 Å². The molecule has 0 spiro atoms. The second-order valence-electron chi connectivity index (χ2n) is 9.24. The first-order valence-corrected chi connectivity index (χ1v) is 29.4. The summed E-state index contributed by atoms with van der Waals surface area (Å²) < 4.78 is 3.17. The Balaban J connectivity index is 1.91. The molecule has 0 aliphatic heterocycles. The van der Waals surface area contributed by atoms with Gasteiger partial charge in [-0.2, -0.15) is 0 Å². The Hall–Kier alpha value is -0.743. The van der Waals surface area contributed by atoms with Gasteiger partial charge in [0.15, 0.2) is 0 Å². The van der Waals surface area contributed by atoms with E-state index < -0.39 is 36.8 Å². The molecule has 0 aliphatic carbocycles. The predicted molar refractivity (Wildman–Crippen MR) is 123 cm³/mol. The summed E-state index contributed by atoms with van der Waals surface area (Å²) in [6, 6.07) is 27.5. The fraction of sp³-hybridized carbons (Fsp3) is 0.250. The Bertz CT molecular complexity index is 804. The van der Waals surface area contributed by atoms with E-state index in [0.29, 0.717) is 0 Å². The topological polar surface area (TPSA) is 0 Å². The monoisotopic (exact) mass is 558 g/mol. The van der Waals surface area contributed by atoms with Crippen LogP contribution in [0, 0.1) is 0 Å². The molecule has 3 rings (SSSR count). The van der Waals surface area contributed by atoms with Gasteiger partial charge in [-0.3, -0.25) is 0 Å². The molecule has 0 aliphatic rings. The molecule has 0 atom stereocenters. The van der Waals surface area contributed by atoms with E-state index in [0.717, 1.165) is 0 Å². The van der Waals surface area contributed by atoms with Crippen LogP contribution in [0.5, 0.6) is 0 Å². The fourth-order valence-electron chi connectivity index (χ4n) is 3.20. The van der Waals surface area contributed by atoms with Crippen molar-refractivity contribution < 1.29 is 0 Å². The minimum atomic E-state index is -1.97. The van der Waals surface area contributed by atoms with Crippen molar-refractivity contribution in [3.8, 4) is 22.3 Å². The summed E-state index contributed by atoms with van der Waals surface area (Å²) in [6.07, 6.45) is 0. The van der Waals surface area contributed by atoms with Gasteiger partial charge < -0.3 is 0 Å². The van der Waals surface area contributed by atoms with E-state index in [1.165, 1.54) is 22.3 Å². The van der Waals surface area contributed by atoms with Crippen LogP contribution in [0.2, 0.25) is 29.6 Å². The van der Waals surface area contributed by atoms with E-state index in [9.17, 15) is 0 Å². The molecule has 0 saturated heterocycles. The van der Waals surface area contributed by atoms with E-state index in [1.807, 2.05) is 0 Å². The summed E-state index contributed by atoms with van der Waals surface area (Å²) in [4.78, 5) is 14.8. The average Bonchev–Trinajstić information content (AvgIpc) is 2.61. The summed E-state index contributed by atoms with van der Waals surface area (Å²) in [5, 5.41) is 0. The van der Waals surface area contributed by atoms with Crippen LogP contribution in [0.15, 0.2) is 72.8 Å². The normalized spacial score (nSPS) is 12.2. The first kappa shape index (κ1) is 20.0. The molecule has 0 bridgehead atoms. The van der Waals surface area contributed by atoms with Gasteiger partial charge in [-0.15, -0.1) is 0 Å². The van der Waals surface area contributed by atoms with E-state index in [1.54, 1.807) is 7.16 Å². The standard InChI is InChI=1S/C18H12.6CH3.2Sn/c1-3-8-15(9-4-1)17-12-7-13-18(14-17)16-10-5-2-6-11-16;;;;;;;;/h3-14H;6*1H3;;. The first-order valence-electron chi connectivity index (χ1n) is 9.46. The predicted octanol–water partition coefficient (Wildman–Crippen LogP) is 6.11. The zero-order valence-corrected chi connectivity index (χ0v) is 22.6. The van der Waals surface area contributed by atoms with Crippen LogP contribution in [-0.2, 0) is 0 Å². The SMILES string of the molecule is [CH3][Sn]([CH3])([CH3])[c]1ccc(-c2cccc(-c3cc[c]([Sn]([CH3])([CH3])[CH3])cc3)c2)cc1. The van der Waals surface area contributed by atoms with Gasteiger partial charge in [-0.25, -0.2) is 0 Å². The summed E-state index contributed by atoms with van der Waals surface area (Å²) in [6.45, 7) is 0. The second kappa shape index (κ2) is 7.71. The second-order valence-corrected chi connectivity index (χ2v) is 38.2. The Morgan fingerprint density at radius 3 is 1.08 bits per heavy atom. The third kappa shape index (κ3) is 4.75. The molecule has 0 unspecified atom stereocenters. The molecule has 134 valence electrons. The Kier molecular flexibility index (Phi) is 5.93. The summed E-state index contributed by atoms with van der Waals surface area (Å²) >= 11 is -3.94. The van der Waals surface area contributed by atoms with Crippen LogP contribution in [-0.4, -0.2) is 36.8 Å². The Labute approximate surface area is 167 Å². The Morgan fingerprint density at radius 2 is 0.769 bits per heavy atom. The number of hydrogen-bond donors (Lipinski definition) is 0. The molecule has 0 heterocycles. The van der Waals surface area contributed by atoms with Crippen molar-refractivity contribution in [2.75, 3.05) is 0 Å². The zero-order valence-electron chi connectivity index (χ0n) is 16.9. The van der Waals surface area contributed by atoms with Gasteiger partial charge in [-0.05, 0) is 0 Å². The molecule has 2 heteroatoms. The van der Waals surface area contributed by atoms with Crippen molar-refractivity contribution in [2.24, 2.45) is 0 Å². The van der Waals surface area contributed by atoms with Gasteiger partial charge >= 0.3 is 169 Å². The number of hydrogen-bond acceptors (Lipinski definition) is 0. The van der Waals surface area contributed by atoms with Gasteiger partial charge in [0.2, 0.25) is 0 Å². The van der Waals surface area contributed by atoms with Gasteiger partial charge in [0.05, 0.1) is 0 Å². The fourth-order valence-corrected chi connectivity index (χ4v) is 9.86. The van der Waals surface area contributed by atoms with Gasteiger partial charge in [0, 0.05) is 0 Å². The van der Waals surface area contributed by atoms with Crippen molar-refractivity contribution in [3.63, 3.8) is 0 Å². The van der Waals surface area contributed by atoms with Crippen LogP contribution < -0.4 is 7.16 Å². The zero-order chi connectivity index (χ0) is 18.9.